The van der Waals surface area contributed by atoms with Gasteiger partial charge in [-0.3, -0.25) is 9.69 Å². The lowest BCUT2D eigenvalue weighted by molar-refractivity contribution is 0.0950. The molecular formula is C26H22F5N3O3. The number of carbonyl (C=O) groups excluding carboxylic acids is 2. The average molecular weight is 519 g/mol. The lowest BCUT2D eigenvalue weighted by Crippen LogP contribution is -2.47. The lowest BCUT2D eigenvalue weighted by atomic mass is 9.98. The number of benzene rings is 3. The van der Waals surface area contributed by atoms with Gasteiger partial charge in [-0.15, -0.1) is 0 Å². The van der Waals surface area contributed by atoms with Crippen LogP contribution in [0.2, 0.25) is 0 Å². The van der Waals surface area contributed by atoms with Crippen molar-refractivity contribution >= 4 is 17.6 Å². The first-order valence-corrected chi connectivity index (χ1v) is 11.1. The quantitative estimate of drug-likeness (QED) is 0.441. The van der Waals surface area contributed by atoms with E-state index in [1.807, 2.05) is 0 Å². The van der Waals surface area contributed by atoms with Crippen LogP contribution in [0.1, 0.15) is 40.0 Å². The third-order valence-electron chi connectivity index (χ3n) is 6.37. The molecule has 37 heavy (non-hydrogen) atoms. The van der Waals surface area contributed by atoms with Crippen molar-refractivity contribution < 1.29 is 36.3 Å². The molecule has 3 aromatic rings. The number of methoxy groups -OCH3 is 1. The summed E-state index contributed by atoms with van der Waals surface area (Å²) in [5.74, 6) is -6.17. The third kappa shape index (κ3) is 4.81. The Morgan fingerprint density at radius 1 is 0.973 bits per heavy atom. The zero-order valence-electron chi connectivity index (χ0n) is 20.0. The van der Waals surface area contributed by atoms with Gasteiger partial charge in [-0.25, -0.2) is 26.7 Å². The molecule has 0 saturated heterocycles. The molecule has 0 radical (unpaired) electrons. The van der Waals surface area contributed by atoms with Gasteiger partial charge in [0, 0.05) is 42.4 Å². The maximum absolute atomic E-state index is 14.9. The van der Waals surface area contributed by atoms with E-state index in [2.05, 4.69) is 5.32 Å². The van der Waals surface area contributed by atoms with Crippen LogP contribution >= 0.6 is 0 Å². The molecule has 1 aliphatic rings. The molecule has 11 heteroatoms. The topological polar surface area (TPSA) is 61.9 Å². The van der Waals surface area contributed by atoms with Crippen LogP contribution in [0.3, 0.4) is 0 Å². The minimum atomic E-state index is -1.15. The molecule has 3 aromatic carbocycles. The summed E-state index contributed by atoms with van der Waals surface area (Å²) >= 11 is 0. The van der Waals surface area contributed by atoms with Crippen molar-refractivity contribution in [2.45, 2.75) is 26.1 Å². The first kappa shape index (κ1) is 25.9. The molecule has 1 N–H and O–H groups in total. The smallest absolute Gasteiger partial charge is 0.325 e. The van der Waals surface area contributed by atoms with E-state index in [0.29, 0.717) is 17.7 Å². The van der Waals surface area contributed by atoms with Gasteiger partial charge in [0.1, 0.15) is 23.3 Å². The van der Waals surface area contributed by atoms with Crippen molar-refractivity contribution in [1.82, 2.24) is 10.2 Å². The van der Waals surface area contributed by atoms with Crippen LogP contribution in [-0.2, 0) is 13.1 Å². The SMILES string of the molecule is COc1ccc(F)c(CN2C(=O)N(C)C(C)c3ccc(C(=O)NCc4c(F)cc(F)cc4F)cc32)c1F. The standard InChI is InChI=1S/C26H22F5N3O3/c1-13-16-5-4-14(25(35)32-11-17-20(29)9-15(27)10-21(17)30)8-22(16)34(26(36)33(13)2)12-18-19(28)6-7-23(37-3)24(18)31/h4-10,13H,11-12H2,1-3H3,(H,32,35). The summed E-state index contributed by atoms with van der Waals surface area (Å²) in [6.45, 7) is 0.700. The molecule has 0 fully saturated rings. The van der Waals surface area contributed by atoms with Crippen LogP contribution in [-0.4, -0.2) is 31.0 Å². The molecular weight excluding hydrogens is 497 g/mol. The molecule has 0 aromatic heterocycles. The van der Waals surface area contributed by atoms with Gasteiger partial charge in [0.15, 0.2) is 11.6 Å². The van der Waals surface area contributed by atoms with Crippen LogP contribution in [0.4, 0.5) is 32.4 Å². The highest BCUT2D eigenvalue weighted by Crippen LogP contribution is 2.38. The number of hydrogen-bond donors (Lipinski definition) is 1. The molecule has 194 valence electrons. The van der Waals surface area contributed by atoms with Gasteiger partial charge in [-0.2, -0.15) is 0 Å². The largest absolute Gasteiger partial charge is 0.494 e. The van der Waals surface area contributed by atoms with E-state index in [1.54, 1.807) is 13.0 Å². The van der Waals surface area contributed by atoms with Gasteiger partial charge >= 0.3 is 6.03 Å². The summed E-state index contributed by atoms with van der Waals surface area (Å²) in [5, 5.41) is 2.36. The summed E-state index contributed by atoms with van der Waals surface area (Å²) < 4.78 is 75.4. The Bertz CT molecular complexity index is 1380. The highest BCUT2D eigenvalue weighted by atomic mass is 19.2. The predicted octanol–water partition coefficient (Wildman–Crippen LogP) is 5.45. The van der Waals surface area contributed by atoms with E-state index < -0.39 is 71.3 Å². The second-order valence-corrected chi connectivity index (χ2v) is 8.50. The number of halogens is 5. The van der Waals surface area contributed by atoms with Gasteiger partial charge in [-0.05, 0) is 36.8 Å². The normalized spacial score (nSPS) is 15.0. The van der Waals surface area contributed by atoms with Crippen molar-refractivity contribution in [3.05, 3.63) is 93.8 Å². The predicted molar refractivity (Wildman–Crippen MR) is 125 cm³/mol. The van der Waals surface area contributed by atoms with Crippen molar-refractivity contribution in [2.24, 2.45) is 0 Å². The van der Waals surface area contributed by atoms with Crippen LogP contribution in [0, 0.1) is 29.1 Å². The Labute approximate surface area is 209 Å². The molecule has 0 bridgehead atoms. The summed E-state index contributed by atoms with van der Waals surface area (Å²) in [6.07, 6.45) is 0. The Morgan fingerprint density at radius 3 is 2.30 bits per heavy atom. The first-order valence-electron chi connectivity index (χ1n) is 11.1. The summed E-state index contributed by atoms with van der Waals surface area (Å²) in [4.78, 5) is 28.5. The van der Waals surface area contributed by atoms with Crippen molar-refractivity contribution in [3.63, 3.8) is 0 Å². The maximum atomic E-state index is 14.9. The second kappa shape index (κ2) is 10.1. The fourth-order valence-electron chi connectivity index (χ4n) is 4.14. The molecule has 0 spiro atoms. The Balaban J connectivity index is 1.67. The summed E-state index contributed by atoms with van der Waals surface area (Å²) in [6, 6.07) is 6.58. The van der Waals surface area contributed by atoms with Gasteiger partial charge in [-0.1, -0.05) is 6.07 Å². The Kier molecular flexibility index (Phi) is 7.06. The molecule has 6 nitrogen and oxygen atoms in total. The van der Waals surface area contributed by atoms with Crippen LogP contribution < -0.4 is 15.0 Å². The first-order chi connectivity index (χ1) is 17.5. The van der Waals surface area contributed by atoms with Gasteiger partial charge in [0.05, 0.1) is 25.4 Å². The second-order valence-electron chi connectivity index (χ2n) is 8.50. The monoisotopic (exact) mass is 519 g/mol. The fourth-order valence-corrected chi connectivity index (χ4v) is 4.14. The van der Waals surface area contributed by atoms with E-state index in [-0.39, 0.29) is 17.0 Å². The molecule has 1 aliphatic heterocycles. The van der Waals surface area contributed by atoms with Crippen molar-refractivity contribution in [3.8, 4) is 5.75 Å². The van der Waals surface area contributed by atoms with Gasteiger partial charge in [0.2, 0.25) is 0 Å². The van der Waals surface area contributed by atoms with Crippen molar-refractivity contribution in [2.75, 3.05) is 19.1 Å². The number of carbonyl (C=O) groups is 2. The molecule has 4 rings (SSSR count). The minimum Gasteiger partial charge on any atom is -0.494 e. The maximum Gasteiger partial charge on any atom is 0.325 e. The van der Waals surface area contributed by atoms with E-state index in [1.165, 1.54) is 31.2 Å². The Morgan fingerprint density at radius 2 is 1.65 bits per heavy atom. The zero-order valence-corrected chi connectivity index (χ0v) is 20.0. The number of urea groups is 1. The average Bonchev–Trinajstić information content (AvgIpc) is 2.86. The van der Waals surface area contributed by atoms with Crippen molar-refractivity contribution in [1.29, 1.82) is 0 Å². The molecule has 1 heterocycles. The number of nitrogens with zero attached hydrogens (tertiary/aromatic N) is 2. The van der Waals surface area contributed by atoms with E-state index in [0.717, 1.165) is 17.0 Å². The van der Waals surface area contributed by atoms with Crippen LogP contribution in [0.25, 0.3) is 0 Å². The number of nitrogens with one attached hydrogen (secondary N) is 1. The van der Waals surface area contributed by atoms with Crippen LogP contribution in [0.15, 0.2) is 42.5 Å². The molecule has 0 aliphatic carbocycles. The molecule has 3 amide bonds. The van der Waals surface area contributed by atoms with Crippen LogP contribution in [0.5, 0.6) is 5.75 Å². The van der Waals surface area contributed by atoms with Gasteiger partial charge in [0.25, 0.3) is 5.91 Å². The lowest BCUT2D eigenvalue weighted by Gasteiger charge is -2.39. The minimum absolute atomic E-state index is 0.0304. The molecule has 1 unspecified atom stereocenters. The summed E-state index contributed by atoms with van der Waals surface area (Å²) in [5.41, 5.74) is -0.0488. The van der Waals surface area contributed by atoms with E-state index >= 15 is 0 Å². The van der Waals surface area contributed by atoms with E-state index in [4.69, 9.17) is 4.74 Å². The number of fused-ring (bicyclic) bond motifs is 1. The summed E-state index contributed by atoms with van der Waals surface area (Å²) in [7, 11) is 2.76. The molecule has 1 atom stereocenters. The van der Waals surface area contributed by atoms with Gasteiger partial charge < -0.3 is 15.0 Å². The highest BCUT2D eigenvalue weighted by Gasteiger charge is 2.35. The number of hydrogen-bond acceptors (Lipinski definition) is 3. The zero-order chi connectivity index (χ0) is 27.0. The number of rotatable bonds is 6. The molecule has 0 saturated carbocycles. The Hall–Kier alpha value is -4.15. The van der Waals surface area contributed by atoms with E-state index in [9.17, 15) is 31.5 Å². The number of amides is 3. The fraction of sp³-hybridized carbons (Fsp3) is 0.231. The number of ether oxygens (including phenoxy) is 1. The number of anilines is 1. The third-order valence-corrected chi connectivity index (χ3v) is 6.37. The highest BCUT2D eigenvalue weighted by molar-refractivity contribution is 5.99.